The molecule has 0 amide bonds. The summed E-state index contributed by atoms with van der Waals surface area (Å²) >= 11 is 0. The van der Waals surface area contributed by atoms with Crippen molar-refractivity contribution in [3.05, 3.63) is 35.4 Å². The van der Waals surface area contributed by atoms with E-state index < -0.39 is 0 Å². The van der Waals surface area contributed by atoms with Crippen LogP contribution in [0.4, 0.5) is 0 Å². The highest BCUT2D eigenvalue weighted by atomic mass is 16.7. The first kappa shape index (κ1) is 15.1. The molecule has 122 valence electrons. The molecule has 6 nitrogen and oxygen atoms in total. The molecule has 0 atom stereocenters. The SMILES string of the molecule is COc1cc(CCc2cc(OC)c3c(c2O)OCO3)ccc1O. The van der Waals surface area contributed by atoms with Crippen molar-refractivity contribution < 1.29 is 29.2 Å². The van der Waals surface area contributed by atoms with Gasteiger partial charge in [-0.2, -0.15) is 0 Å². The van der Waals surface area contributed by atoms with E-state index in [1.807, 2.05) is 6.07 Å². The molecule has 2 aromatic rings. The van der Waals surface area contributed by atoms with Crippen LogP contribution in [0.25, 0.3) is 0 Å². The number of fused-ring (bicyclic) bond motifs is 1. The first-order chi connectivity index (χ1) is 11.1. The second-order valence-corrected chi connectivity index (χ2v) is 5.16. The van der Waals surface area contributed by atoms with Gasteiger partial charge in [0.1, 0.15) is 0 Å². The van der Waals surface area contributed by atoms with Crippen molar-refractivity contribution in [1.29, 1.82) is 0 Å². The molecule has 6 heteroatoms. The molecule has 3 rings (SSSR count). The third-order valence-electron chi connectivity index (χ3n) is 3.81. The minimum absolute atomic E-state index is 0.0673. The summed E-state index contributed by atoms with van der Waals surface area (Å²) in [6.45, 7) is 0.0673. The second-order valence-electron chi connectivity index (χ2n) is 5.16. The van der Waals surface area contributed by atoms with E-state index in [0.29, 0.717) is 41.4 Å². The van der Waals surface area contributed by atoms with Gasteiger partial charge in [-0.05, 0) is 36.6 Å². The average Bonchev–Trinajstić information content (AvgIpc) is 3.06. The van der Waals surface area contributed by atoms with Gasteiger partial charge in [0.25, 0.3) is 0 Å². The predicted molar refractivity (Wildman–Crippen MR) is 82.8 cm³/mol. The van der Waals surface area contributed by atoms with Gasteiger partial charge in [0, 0.05) is 5.56 Å². The zero-order chi connectivity index (χ0) is 16.4. The van der Waals surface area contributed by atoms with Crippen LogP contribution < -0.4 is 18.9 Å². The van der Waals surface area contributed by atoms with Crippen LogP contribution in [0.5, 0.6) is 34.5 Å². The molecule has 23 heavy (non-hydrogen) atoms. The molecule has 0 spiro atoms. The van der Waals surface area contributed by atoms with Crippen molar-refractivity contribution in [3.63, 3.8) is 0 Å². The fourth-order valence-electron chi connectivity index (χ4n) is 2.57. The summed E-state index contributed by atoms with van der Waals surface area (Å²) in [4.78, 5) is 0. The van der Waals surface area contributed by atoms with Gasteiger partial charge in [-0.15, -0.1) is 0 Å². The first-order valence-electron chi connectivity index (χ1n) is 7.18. The van der Waals surface area contributed by atoms with Gasteiger partial charge in [0.15, 0.2) is 23.0 Å². The quantitative estimate of drug-likeness (QED) is 0.882. The molecule has 1 heterocycles. The Bertz CT molecular complexity index is 726. The number of phenolic OH excluding ortho intramolecular Hbond substituents is 2. The van der Waals surface area contributed by atoms with Gasteiger partial charge in [0.2, 0.25) is 18.3 Å². The smallest absolute Gasteiger partial charge is 0.231 e. The van der Waals surface area contributed by atoms with Crippen LogP contribution in [0.2, 0.25) is 0 Å². The van der Waals surface area contributed by atoms with E-state index in [-0.39, 0.29) is 18.3 Å². The lowest BCUT2D eigenvalue weighted by Gasteiger charge is -2.11. The highest BCUT2D eigenvalue weighted by Gasteiger charge is 2.25. The van der Waals surface area contributed by atoms with Crippen molar-refractivity contribution in [2.24, 2.45) is 0 Å². The maximum Gasteiger partial charge on any atom is 0.231 e. The van der Waals surface area contributed by atoms with Crippen molar-refractivity contribution in [2.75, 3.05) is 21.0 Å². The van der Waals surface area contributed by atoms with Gasteiger partial charge >= 0.3 is 0 Å². The highest BCUT2D eigenvalue weighted by Crippen LogP contribution is 2.49. The molecule has 0 unspecified atom stereocenters. The zero-order valence-electron chi connectivity index (χ0n) is 13.0. The van der Waals surface area contributed by atoms with Crippen molar-refractivity contribution in [2.45, 2.75) is 12.8 Å². The van der Waals surface area contributed by atoms with Crippen molar-refractivity contribution in [3.8, 4) is 34.5 Å². The molecule has 0 aromatic heterocycles. The maximum absolute atomic E-state index is 10.3. The van der Waals surface area contributed by atoms with E-state index in [9.17, 15) is 10.2 Å². The lowest BCUT2D eigenvalue weighted by atomic mass is 10.0. The summed E-state index contributed by atoms with van der Waals surface area (Å²) < 4.78 is 21.0. The molecular weight excluding hydrogens is 300 g/mol. The van der Waals surface area contributed by atoms with Crippen molar-refractivity contribution >= 4 is 0 Å². The topological polar surface area (TPSA) is 77.4 Å². The minimum atomic E-state index is 0.0673. The molecule has 0 fully saturated rings. The maximum atomic E-state index is 10.3. The predicted octanol–water partition coefficient (Wildman–Crippen LogP) is 2.63. The molecule has 0 saturated heterocycles. The summed E-state index contributed by atoms with van der Waals surface area (Å²) in [6.07, 6.45) is 1.24. The number of benzene rings is 2. The molecule has 2 N–H and O–H groups in total. The first-order valence-corrected chi connectivity index (χ1v) is 7.18. The van der Waals surface area contributed by atoms with Crippen LogP contribution in [0.1, 0.15) is 11.1 Å². The normalized spacial score (nSPS) is 12.3. The van der Waals surface area contributed by atoms with Crippen LogP contribution in [0.3, 0.4) is 0 Å². The van der Waals surface area contributed by atoms with Gasteiger partial charge in [-0.25, -0.2) is 0 Å². The molecule has 0 radical (unpaired) electrons. The summed E-state index contributed by atoms with van der Waals surface area (Å²) in [5.74, 6) is 1.89. The molecular formula is C17H18O6. The summed E-state index contributed by atoms with van der Waals surface area (Å²) in [5.41, 5.74) is 1.69. The number of rotatable bonds is 5. The number of ether oxygens (including phenoxy) is 4. The molecule has 1 aliphatic heterocycles. The van der Waals surface area contributed by atoms with Gasteiger partial charge in [0.05, 0.1) is 14.2 Å². The van der Waals surface area contributed by atoms with Gasteiger partial charge in [-0.1, -0.05) is 6.07 Å². The average molecular weight is 318 g/mol. The van der Waals surface area contributed by atoms with Crippen LogP contribution in [0, 0.1) is 0 Å². The van der Waals surface area contributed by atoms with E-state index in [1.165, 1.54) is 7.11 Å². The molecule has 0 bridgehead atoms. The fraction of sp³-hybridized carbons (Fsp3) is 0.294. The summed E-state index contributed by atoms with van der Waals surface area (Å²) in [5, 5.41) is 20.0. The monoisotopic (exact) mass is 318 g/mol. The molecule has 1 aliphatic rings. The summed E-state index contributed by atoms with van der Waals surface area (Å²) in [7, 11) is 3.05. The van der Waals surface area contributed by atoms with E-state index in [4.69, 9.17) is 18.9 Å². The van der Waals surface area contributed by atoms with E-state index in [2.05, 4.69) is 0 Å². The Balaban J connectivity index is 1.84. The lowest BCUT2D eigenvalue weighted by Crippen LogP contribution is -1.95. The van der Waals surface area contributed by atoms with Gasteiger partial charge in [-0.3, -0.25) is 0 Å². The highest BCUT2D eigenvalue weighted by molar-refractivity contribution is 5.63. The Hall–Kier alpha value is -2.76. The van der Waals surface area contributed by atoms with Crippen LogP contribution in [0.15, 0.2) is 24.3 Å². The minimum Gasteiger partial charge on any atom is -0.504 e. The number of hydrogen-bond donors (Lipinski definition) is 2. The molecule has 2 aromatic carbocycles. The van der Waals surface area contributed by atoms with E-state index in [1.54, 1.807) is 25.3 Å². The van der Waals surface area contributed by atoms with Crippen LogP contribution in [-0.4, -0.2) is 31.2 Å². The number of methoxy groups -OCH3 is 2. The molecule has 0 saturated carbocycles. The van der Waals surface area contributed by atoms with Crippen LogP contribution >= 0.6 is 0 Å². The van der Waals surface area contributed by atoms with Crippen molar-refractivity contribution in [1.82, 2.24) is 0 Å². The third kappa shape index (κ3) is 2.79. The third-order valence-corrected chi connectivity index (χ3v) is 3.81. The Morgan fingerprint density at radius 1 is 0.957 bits per heavy atom. The zero-order valence-corrected chi connectivity index (χ0v) is 13.0. The Labute approximate surface area is 133 Å². The Kier molecular flexibility index (Phi) is 4.06. The van der Waals surface area contributed by atoms with Gasteiger partial charge < -0.3 is 29.2 Å². The Morgan fingerprint density at radius 3 is 2.43 bits per heavy atom. The standard InChI is InChI=1S/C17H18O6/c1-20-13-7-10(4-6-12(13)18)3-5-11-8-14(21-2)16-17(15(11)19)23-9-22-16/h4,6-8,18-19H,3,5,9H2,1-2H3. The number of aromatic hydroxyl groups is 2. The number of aryl methyl sites for hydroxylation is 2. The van der Waals surface area contributed by atoms with E-state index >= 15 is 0 Å². The lowest BCUT2D eigenvalue weighted by molar-refractivity contribution is 0.169. The Morgan fingerprint density at radius 2 is 1.70 bits per heavy atom. The van der Waals surface area contributed by atoms with Crippen LogP contribution in [-0.2, 0) is 12.8 Å². The summed E-state index contributed by atoms with van der Waals surface area (Å²) in [6, 6.07) is 6.93. The largest absolute Gasteiger partial charge is 0.504 e. The molecule has 0 aliphatic carbocycles. The fourth-order valence-corrected chi connectivity index (χ4v) is 2.57. The van der Waals surface area contributed by atoms with E-state index in [0.717, 1.165) is 5.56 Å². The number of phenols is 2. The number of hydrogen-bond acceptors (Lipinski definition) is 6. The second kappa shape index (κ2) is 6.16.